The number of rotatable bonds is 10. The van der Waals surface area contributed by atoms with E-state index in [2.05, 4.69) is 34.1 Å². The highest BCUT2D eigenvalue weighted by Gasteiger charge is 2.08. The summed E-state index contributed by atoms with van der Waals surface area (Å²) in [4.78, 5) is 9.12. The molecule has 132 valence electrons. The summed E-state index contributed by atoms with van der Waals surface area (Å²) in [6.45, 7) is 10.9. The summed E-state index contributed by atoms with van der Waals surface area (Å²) in [5.41, 5.74) is 5.87. The van der Waals surface area contributed by atoms with Crippen molar-refractivity contribution in [3.05, 3.63) is 0 Å². The first-order chi connectivity index (χ1) is 10.2. The van der Waals surface area contributed by atoms with Gasteiger partial charge in [-0.1, -0.05) is 13.3 Å². The third-order valence-electron chi connectivity index (χ3n) is 3.71. The average molecular weight is 427 g/mol. The molecule has 3 N–H and O–H groups in total. The van der Waals surface area contributed by atoms with Crippen LogP contribution in [-0.4, -0.2) is 81.8 Å². The number of aliphatic imine (C=N–C) groups is 1. The molecular weight excluding hydrogens is 393 g/mol. The maximum atomic E-state index is 5.87. The Bertz CT molecular complexity index is 285. The van der Waals surface area contributed by atoms with Crippen molar-refractivity contribution in [2.45, 2.75) is 26.2 Å². The summed E-state index contributed by atoms with van der Waals surface area (Å²) in [6.07, 6.45) is 3.55. The van der Waals surface area contributed by atoms with Crippen LogP contribution in [0.5, 0.6) is 0 Å². The van der Waals surface area contributed by atoms with E-state index in [0.29, 0.717) is 5.96 Å². The van der Waals surface area contributed by atoms with Gasteiger partial charge in [0.1, 0.15) is 0 Å². The lowest BCUT2D eigenvalue weighted by atomic mass is 10.3. The summed E-state index contributed by atoms with van der Waals surface area (Å²) >= 11 is 0. The molecule has 1 saturated heterocycles. The Morgan fingerprint density at radius 2 is 2.00 bits per heavy atom. The van der Waals surface area contributed by atoms with Crippen LogP contribution in [-0.2, 0) is 4.74 Å². The minimum absolute atomic E-state index is 0. The first kappa shape index (κ1) is 21.9. The number of nitrogens with one attached hydrogen (secondary N) is 1. The number of guanidine groups is 1. The summed E-state index contributed by atoms with van der Waals surface area (Å²) < 4.78 is 5.33. The molecule has 0 unspecified atom stereocenters. The molecule has 0 amide bonds. The first-order valence-corrected chi connectivity index (χ1v) is 8.24. The molecule has 0 radical (unpaired) electrons. The van der Waals surface area contributed by atoms with Crippen molar-refractivity contribution in [2.75, 3.05) is 66.1 Å². The van der Waals surface area contributed by atoms with Crippen molar-refractivity contribution in [1.82, 2.24) is 15.1 Å². The van der Waals surface area contributed by atoms with E-state index in [0.717, 1.165) is 65.4 Å². The van der Waals surface area contributed by atoms with E-state index in [4.69, 9.17) is 10.5 Å². The topological polar surface area (TPSA) is 66.1 Å². The van der Waals surface area contributed by atoms with Gasteiger partial charge in [-0.25, -0.2) is 0 Å². The maximum Gasteiger partial charge on any atom is 0.188 e. The SMILES string of the molecule is CCCCN(C)CCNC(N)=NCCCN1CCOCC1.I. The molecule has 1 aliphatic rings. The monoisotopic (exact) mass is 427 g/mol. The van der Waals surface area contributed by atoms with Crippen LogP contribution in [0.4, 0.5) is 0 Å². The van der Waals surface area contributed by atoms with Crippen molar-refractivity contribution in [1.29, 1.82) is 0 Å². The van der Waals surface area contributed by atoms with Gasteiger partial charge in [0.05, 0.1) is 13.2 Å². The highest BCUT2D eigenvalue weighted by molar-refractivity contribution is 14.0. The predicted octanol–water partition coefficient (Wildman–Crippen LogP) is 0.963. The third-order valence-corrected chi connectivity index (χ3v) is 3.71. The lowest BCUT2D eigenvalue weighted by molar-refractivity contribution is 0.0377. The number of hydrogen-bond acceptors (Lipinski definition) is 4. The molecule has 0 aromatic carbocycles. The molecule has 0 aromatic rings. The van der Waals surface area contributed by atoms with E-state index in [9.17, 15) is 0 Å². The molecule has 0 spiro atoms. The quantitative estimate of drug-likeness (QED) is 0.235. The Kier molecular flexibility index (Phi) is 14.4. The fraction of sp³-hybridized carbons (Fsp3) is 0.933. The van der Waals surface area contributed by atoms with Crippen molar-refractivity contribution >= 4 is 29.9 Å². The Labute approximate surface area is 152 Å². The lowest BCUT2D eigenvalue weighted by Gasteiger charge is -2.26. The average Bonchev–Trinajstić information content (AvgIpc) is 2.50. The second-order valence-electron chi connectivity index (χ2n) is 5.66. The maximum absolute atomic E-state index is 5.87. The van der Waals surface area contributed by atoms with Crippen LogP contribution in [0.3, 0.4) is 0 Å². The molecule has 0 saturated carbocycles. The summed E-state index contributed by atoms with van der Waals surface area (Å²) in [7, 11) is 2.15. The largest absolute Gasteiger partial charge is 0.379 e. The van der Waals surface area contributed by atoms with Crippen LogP contribution in [0, 0.1) is 0 Å². The zero-order chi connectivity index (χ0) is 15.3. The van der Waals surface area contributed by atoms with E-state index in [1.54, 1.807) is 0 Å². The number of unbranched alkanes of at least 4 members (excludes halogenated alkanes) is 1. The van der Waals surface area contributed by atoms with E-state index < -0.39 is 0 Å². The van der Waals surface area contributed by atoms with Gasteiger partial charge in [-0.3, -0.25) is 9.89 Å². The molecule has 1 rings (SSSR count). The highest BCUT2D eigenvalue weighted by atomic mass is 127. The molecule has 1 fully saturated rings. The molecule has 0 bridgehead atoms. The van der Waals surface area contributed by atoms with Gasteiger partial charge in [-0.05, 0) is 26.4 Å². The normalized spacial score (nSPS) is 16.6. The molecule has 22 heavy (non-hydrogen) atoms. The molecule has 7 heteroatoms. The van der Waals surface area contributed by atoms with Gasteiger partial charge in [0, 0.05) is 39.3 Å². The lowest BCUT2D eigenvalue weighted by Crippen LogP contribution is -2.38. The van der Waals surface area contributed by atoms with Crippen LogP contribution < -0.4 is 11.1 Å². The van der Waals surface area contributed by atoms with Crippen molar-refractivity contribution < 1.29 is 4.74 Å². The predicted molar refractivity (Wildman–Crippen MR) is 104 cm³/mol. The van der Waals surface area contributed by atoms with Crippen LogP contribution in [0.2, 0.25) is 0 Å². The second-order valence-corrected chi connectivity index (χ2v) is 5.66. The third kappa shape index (κ3) is 11.4. The fourth-order valence-corrected chi connectivity index (χ4v) is 2.29. The first-order valence-electron chi connectivity index (χ1n) is 8.24. The van der Waals surface area contributed by atoms with Gasteiger partial charge in [0.15, 0.2) is 5.96 Å². The minimum atomic E-state index is 0. The molecule has 1 aliphatic heterocycles. The smallest absolute Gasteiger partial charge is 0.188 e. The van der Waals surface area contributed by atoms with Crippen LogP contribution in [0.1, 0.15) is 26.2 Å². The summed E-state index contributed by atoms with van der Waals surface area (Å²) in [5, 5.41) is 3.18. The van der Waals surface area contributed by atoms with Crippen molar-refractivity contribution in [3.63, 3.8) is 0 Å². The molecule has 0 aliphatic carbocycles. The zero-order valence-corrected chi connectivity index (χ0v) is 16.6. The number of nitrogens with two attached hydrogens (primary N) is 1. The van der Waals surface area contributed by atoms with Crippen LogP contribution >= 0.6 is 24.0 Å². The Balaban J connectivity index is 0.00000441. The van der Waals surface area contributed by atoms with Gasteiger partial charge in [0.25, 0.3) is 0 Å². The van der Waals surface area contributed by atoms with Gasteiger partial charge in [-0.2, -0.15) is 0 Å². The van der Waals surface area contributed by atoms with Crippen LogP contribution in [0.25, 0.3) is 0 Å². The second kappa shape index (κ2) is 14.5. The van der Waals surface area contributed by atoms with Crippen LogP contribution in [0.15, 0.2) is 4.99 Å². The zero-order valence-electron chi connectivity index (χ0n) is 14.2. The van der Waals surface area contributed by atoms with Gasteiger partial charge in [-0.15, -0.1) is 24.0 Å². The Hall–Kier alpha value is -0.120. The van der Waals surface area contributed by atoms with E-state index >= 15 is 0 Å². The molecular formula is C15H34IN5O. The Morgan fingerprint density at radius 3 is 2.68 bits per heavy atom. The number of ether oxygens (including phenoxy) is 1. The summed E-state index contributed by atoms with van der Waals surface area (Å²) in [5.74, 6) is 0.570. The molecule has 0 aromatic heterocycles. The summed E-state index contributed by atoms with van der Waals surface area (Å²) in [6, 6.07) is 0. The van der Waals surface area contributed by atoms with Crippen molar-refractivity contribution in [2.24, 2.45) is 10.7 Å². The van der Waals surface area contributed by atoms with E-state index in [-0.39, 0.29) is 24.0 Å². The Morgan fingerprint density at radius 1 is 1.27 bits per heavy atom. The van der Waals surface area contributed by atoms with E-state index in [1.807, 2.05) is 0 Å². The molecule has 1 heterocycles. The van der Waals surface area contributed by atoms with Gasteiger partial charge < -0.3 is 20.7 Å². The van der Waals surface area contributed by atoms with E-state index in [1.165, 1.54) is 12.8 Å². The number of likely N-dealkylation sites (N-methyl/N-ethyl adjacent to an activating group) is 1. The molecule has 0 atom stereocenters. The van der Waals surface area contributed by atoms with Gasteiger partial charge in [0.2, 0.25) is 0 Å². The minimum Gasteiger partial charge on any atom is -0.379 e. The standard InChI is InChI=1S/C15H33N5O.HI/c1-3-4-8-19(2)10-7-18-15(16)17-6-5-9-20-11-13-21-14-12-20;/h3-14H2,1-2H3,(H3,16,17,18);1H. The fourth-order valence-electron chi connectivity index (χ4n) is 2.29. The number of morpholine rings is 1. The highest BCUT2D eigenvalue weighted by Crippen LogP contribution is 1.97. The van der Waals surface area contributed by atoms with Crippen molar-refractivity contribution in [3.8, 4) is 0 Å². The number of hydrogen-bond donors (Lipinski definition) is 2. The number of halogens is 1. The molecule has 6 nitrogen and oxygen atoms in total. The van der Waals surface area contributed by atoms with Gasteiger partial charge >= 0.3 is 0 Å². The number of nitrogens with zero attached hydrogens (tertiary/aromatic N) is 3.